The molecular weight excluding hydrogens is 593 g/mol. The first kappa shape index (κ1) is 30.0. The molecule has 1 heterocycles. The molecule has 49 heavy (non-hydrogen) atoms. The molecule has 1 aliphatic rings. The Balaban J connectivity index is 1.10. The van der Waals surface area contributed by atoms with Gasteiger partial charge in [0.1, 0.15) is 0 Å². The fourth-order valence-corrected chi connectivity index (χ4v) is 6.66. The van der Waals surface area contributed by atoms with Gasteiger partial charge in [0.05, 0.1) is 11.4 Å². The molecule has 0 radical (unpaired) electrons. The van der Waals surface area contributed by atoms with E-state index in [4.69, 9.17) is 0 Å². The third-order valence-electron chi connectivity index (χ3n) is 9.26. The number of allylic oxidation sites excluding steroid dienone is 4. The summed E-state index contributed by atoms with van der Waals surface area (Å²) in [5.41, 5.74) is 13.7. The maximum atomic E-state index is 4.40. The molecule has 0 atom stereocenters. The molecule has 0 spiro atoms. The largest absolute Gasteiger partial charge is 0.317 e. The predicted octanol–water partition coefficient (Wildman–Crippen LogP) is 13.2. The van der Waals surface area contributed by atoms with Crippen LogP contribution >= 0.6 is 0 Å². The average Bonchev–Trinajstić information content (AvgIpc) is 3.15. The molecule has 2 heteroatoms. The summed E-state index contributed by atoms with van der Waals surface area (Å²) in [4.78, 5) is 4.58. The summed E-state index contributed by atoms with van der Waals surface area (Å²) in [5, 5.41) is 2.45. The normalized spacial score (nSPS) is 13.7. The quantitative estimate of drug-likeness (QED) is 0.181. The Kier molecular flexibility index (Phi) is 7.97. The topological polar surface area (TPSA) is 6.48 Å². The number of fused-ring (bicyclic) bond motifs is 2. The van der Waals surface area contributed by atoms with Gasteiger partial charge in [-0.05, 0) is 101 Å². The number of nitrogens with zero attached hydrogens (tertiary/aromatic N) is 2. The van der Waals surface area contributed by atoms with Crippen molar-refractivity contribution in [3.63, 3.8) is 0 Å². The Morgan fingerprint density at radius 1 is 0.531 bits per heavy atom. The van der Waals surface area contributed by atoms with Crippen LogP contribution in [0.2, 0.25) is 0 Å². The molecule has 0 aliphatic carbocycles. The summed E-state index contributed by atoms with van der Waals surface area (Å²) in [6.45, 7) is 6.53. The fraction of sp³-hybridized carbons (Fsp3) is 0.0213. The minimum atomic E-state index is 0.988. The molecule has 234 valence electrons. The van der Waals surface area contributed by atoms with Crippen molar-refractivity contribution in [2.45, 2.75) is 6.92 Å². The van der Waals surface area contributed by atoms with E-state index in [0.717, 1.165) is 45.1 Å². The van der Waals surface area contributed by atoms with Gasteiger partial charge in [0.15, 0.2) is 0 Å². The van der Waals surface area contributed by atoms with Crippen molar-refractivity contribution in [3.05, 3.63) is 206 Å². The van der Waals surface area contributed by atoms with E-state index in [1.54, 1.807) is 0 Å². The monoisotopic (exact) mass is 628 g/mol. The van der Waals surface area contributed by atoms with Crippen LogP contribution in [-0.4, -0.2) is 0 Å². The van der Waals surface area contributed by atoms with E-state index in [-0.39, 0.29) is 0 Å². The fourth-order valence-electron chi connectivity index (χ4n) is 6.66. The lowest BCUT2D eigenvalue weighted by Gasteiger charge is -2.27. The molecule has 0 saturated carbocycles. The second-order valence-electron chi connectivity index (χ2n) is 12.5. The summed E-state index contributed by atoms with van der Waals surface area (Å²) in [6, 6.07) is 58.8. The highest BCUT2D eigenvalue weighted by Gasteiger charge is 2.17. The molecule has 7 aromatic carbocycles. The first-order valence-corrected chi connectivity index (χ1v) is 16.7. The number of anilines is 5. The van der Waals surface area contributed by atoms with Crippen molar-refractivity contribution in [2.24, 2.45) is 0 Å². The van der Waals surface area contributed by atoms with Crippen LogP contribution in [0, 0.1) is 6.92 Å². The summed E-state index contributed by atoms with van der Waals surface area (Å²) in [5.74, 6) is 0. The highest BCUT2D eigenvalue weighted by Crippen LogP contribution is 2.40. The van der Waals surface area contributed by atoms with Gasteiger partial charge >= 0.3 is 0 Å². The van der Waals surface area contributed by atoms with Gasteiger partial charge in [0, 0.05) is 34.2 Å². The number of benzene rings is 7. The van der Waals surface area contributed by atoms with E-state index in [1.807, 2.05) is 6.07 Å². The summed E-state index contributed by atoms with van der Waals surface area (Å²) in [7, 11) is 0. The third kappa shape index (κ3) is 5.97. The van der Waals surface area contributed by atoms with E-state index in [9.17, 15) is 0 Å². The third-order valence-corrected chi connectivity index (χ3v) is 9.26. The SMILES string of the molecule is C=C1/C=C\C=C/N(c2ccccc2)c2ccc(-c3ccc(-c4ccc(N(c5ccc(C)cc5)c5cccc6ccccc56)cc4)cc3)cc21. The lowest BCUT2D eigenvalue weighted by molar-refractivity contribution is 1.27. The number of hydrogen-bond acceptors (Lipinski definition) is 2. The Morgan fingerprint density at radius 2 is 1.12 bits per heavy atom. The van der Waals surface area contributed by atoms with Gasteiger partial charge in [-0.2, -0.15) is 0 Å². The lowest BCUT2D eigenvalue weighted by atomic mass is 9.95. The first-order chi connectivity index (χ1) is 24.1. The van der Waals surface area contributed by atoms with Crippen LogP contribution < -0.4 is 9.80 Å². The number of aryl methyl sites for hydroxylation is 1. The summed E-state index contributed by atoms with van der Waals surface area (Å²) < 4.78 is 0. The molecule has 8 rings (SSSR count). The van der Waals surface area contributed by atoms with E-state index in [2.05, 4.69) is 205 Å². The van der Waals surface area contributed by atoms with Crippen molar-refractivity contribution in [1.82, 2.24) is 0 Å². The van der Waals surface area contributed by atoms with Gasteiger partial charge in [0.25, 0.3) is 0 Å². The van der Waals surface area contributed by atoms with Crippen LogP contribution in [0.15, 0.2) is 195 Å². The lowest BCUT2D eigenvalue weighted by Crippen LogP contribution is -2.11. The second kappa shape index (κ2) is 13.0. The molecule has 0 amide bonds. The smallest absolute Gasteiger partial charge is 0.0540 e. The van der Waals surface area contributed by atoms with Crippen molar-refractivity contribution < 1.29 is 0 Å². The minimum Gasteiger partial charge on any atom is -0.317 e. The maximum absolute atomic E-state index is 4.40. The molecule has 0 saturated heterocycles. The van der Waals surface area contributed by atoms with Crippen LogP contribution in [0.4, 0.5) is 28.4 Å². The van der Waals surface area contributed by atoms with Gasteiger partial charge < -0.3 is 9.80 Å². The van der Waals surface area contributed by atoms with Gasteiger partial charge in [-0.1, -0.05) is 133 Å². The second-order valence-corrected chi connectivity index (χ2v) is 12.5. The van der Waals surface area contributed by atoms with Gasteiger partial charge in [-0.3, -0.25) is 0 Å². The molecule has 7 aromatic rings. The Bertz CT molecular complexity index is 2320. The maximum Gasteiger partial charge on any atom is 0.0540 e. The van der Waals surface area contributed by atoms with E-state index < -0.39 is 0 Å². The Hall–Kier alpha value is -6.38. The summed E-state index contributed by atoms with van der Waals surface area (Å²) >= 11 is 0. The highest BCUT2D eigenvalue weighted by molar-refractivity contribution is 5.99. The zero-order chi connectivity index (χ0) is 33.2. The molecule has 0 N–H and O–H groups in total. The minimum absolute atomic E-state index is 0.988. The van der Waals surface area contributed by atoms with Crippen LogP contribution in [-0.2, 0) is 0 Å². The van der Waals surface area contributed by atoms with Crippen molar-refractivity contribution in [2.75, 3.05) is 9.80 Å². The summed E-state index contributed by atoms with van der Waals surface area (Å²) in [6.07, 6.45) is 8.30. The van der Waals surface area contributed by atoms with Crippen LogP contribution in [0.25, 0.3) is 38.6 Å². The molecular formula is C47H36N2. The van der Waals surface area contributed by atoms with E-state index >= 15 is 0 Å². The van der Waals surface area contributed by atoms with Crippen molar-refractivity contribution in [3.8, 4) is 22.3 Å². The number of para-hydroxylation sites is 1. The molecule has 2 nitrogen and oxygen atoms in total. The predicted molar refractivity (Wildman–Crippen MR) is 210 cm³/mol. The Labute approximate surface area is 288 Å². The number of hydrogen-bond donors (Lipinski definition) is 0. The Morgan fingerprint density at radius 3 is 1.86 bits per heavy atom. The molecule has 0 aromatic heterocycles. The zero-order valence-corrected chi connectivity index (χ0v) is 27.5. The van der Waals surface area contributed by atoms with Gasteiger partial charge in [-0.15, -0.1) is 0 Å². The molecule has 0 bridgehead atoms. The van der Waals surface area contributed by atoms with Gasteiger partial charge in [-0.25, -0.2) is 0 Å². The van der Waals surface area contributed by atoms with Crippen LogP contribution in [0.3, 0.4) is 0 Å². The molecule has 0 unspecified atom stereocenters. The molecule has 0 fully saturated rings. The van der Waals surface area contributed by atoms with E-state index in [1.165, 1.54) is 33.0 Å². The van der Waals surface area contributed by atoms with Crippen molar-refractivity contribution >= 4 is 44.8 Å². The van der Waals surface area contributed by atoms with E-state index in [0.29, 0.717) is 0 Å². The van der Waals surface area contributed by atoms with Crippen LogP contribution in [0.1, 0.15) is 11.1 Å². The standard InChI is InChI=1S/C47H36N2/c1-34-18-27-42(28-19-34)49(47-17-10-13-39-12-6-7-16-44(39)47)43-29-24-37(25-30-43)36-20-22-38(23-21-36)40-26-31-46-45(33-40)35(2)11-8-9-32-48(46)41-14-4-3-5-15-41/h3-33H,2H2,1H3/b11-8-,32-9-. The highest BCUT2D eigenvalue weighted by atomic mass is 15.1. The zero-order valence-electron chi connectivity index (χ0n) is 27.5. The number of rotatable bonds is 6. The molecule has 1 aliphatic heterocycles. The average molecular weight is 629 g/mol. The van der Waals surface area contributed by atoms with Crippen LogP contribution in [0.5, 0.6) is 0 Å². The van der Waals surface area contributed by atoms with Crippen molar-refractivity contribution in [1.29, 1.82) is 0 Å². The van der Waals surface area contributed by atoms with Gasteiger partial charge in [0.2, 0.25) is 0 Å². The first-order valence-electron chi connectivity index (χ1n) is 16.7.